The third kappa shape index (κ3) is 3.74. The van der Waals surface area contributed by atoms with E-state index >= 15 is 0 Å². The topological polar surface area (TPSA) is 72.5 Å². The first kappa shape index (κ1) is 14.5. The van der Waals surface area contributed by atoms with Crippen molar-refractivity contribution in [3.8, 4) is 5.75 Å². The van der Waals surface area contributed by atoms with Crippen LogP contribution >= 0.6 is 0 Å². The summed E-state index contributed by atoms with van der Waals surface area (Å²) >= 11 is 0. The molecule has 0 bridgehead atoms. The highest BCUT2D eigenvalue weighted by Crippen LogP contribution is 2.25. The summed E-state index contributed by atoms with van der Waals surface area (Å²) in [5.41, 5.74) is 7.70. The fourth-order valence-corrected chi connectivity index (χ4v) is 1.76. The van der Waals surface area contributed by atoms with Gasteiger partial charge in [0.05, 0.1) is 7.11 Å². The molecule has 0 fully saturated rings. The van der Waals surface area contributed by atoms with Crippen LogP contribution in [0.1, 0.15) is 37.3 Å². The number of aliphatic carboxylic acids is 1. The molecule has 0 saturated heterocycles. The summed E-state index contributed by atoms with van der Waals surface area (Å²) < 4.78 is 5.34. The lowest BCUT2D eigenvalue weighted by Gasteiger charge is -2.13. The summed E-state index contributed by atoms with van der Waals surface area (Å²) in [4.78, 5) is 10.7. The third-order valence-corrected chi connectivity index (χ3v) is 3.02. The van der Waals surface area contributed by atoms with Gasteiger partial charge in [0.2, 0.25) is 0 Å². The number of carboxylic acid groups (broad SMARTS) is 1. The van der Waals surface area contributed by atoms with Gasteiger partial charge in [-0.05, 0) is 36.0 Å². The first-order chi connectivity index (χ1) is 8.45. The molecule has 0 amide bonds. The van der Waals surface area contributed by atoms with Crippen molar-refractivity contribution in [2.75, 3.05) is 7.11 Å². The maximum Gasteiger partial charge on any atom is 0.320 e. The van der Waals surface area contributed by atoms with Gasteiger partial charge >= 0.3 is 5.97 Å². The van der Waals surface area contributed by atoms with E-state index in [-0.39, 0.29) is 0 Å². The number of hydrogen-bond donors (Lipinski definition) is 2. The molecule has 4 heteroatoms. The van der Waals surface area contributed by atoms with Gasteiger partial charge in [-0.3, -0.25) is 4.79 Å². The molecule has 1 rings (SSSR count). The van der Waals surface area contributed by atoms with Crippen LogP contribution in [-0.2, 0) is 11.2 Å². The minimum atomic E-state index is -0.965. The van der Waals surface area contributed by atoms with E-state index < -0.39 is 12.0 Å². The predicted octanol–water partition coefficient (Wildman–Crippen LogP) is 2.16. The molecule has 0 aromatic heterocycles. The lowest BCUT2D eigenvalue weighted by Crippen LogP contribution is -2.30. The van der Waals surface area contributed by atoms with Crippen LogP contribution in [0.15, 0.2) is 18.2 Å². The zero-order chi connectivity index (χ0) is 13.7. The molecule has 0 aliphatic heterocycles. The minimum Gasteiger partial charge on any atom is -0.496 e. The number of hydrogen-bond acceptors (Lipinski definition) is 3. The van der Waals surface area contributed by atoms with Gasteiger partial charge in [-0.1, -0.05) is 26.0 Å². The number of methoxy groups -OCH3 is 1. The van der Waals surface area contributed by atoms with Crippen molar-refractivity contribution in [2.24, 2.45) is 5.73 Å². The molecular formula is C14H21NO3. The Hall–Kier alpha value is -1.55. The van der Waals surface area contributed by atoms with Crippen LogP contribution in [0.4, 0.5) is 0 Å². The van der Waals surface area contributed by atoms with Crippen LogP contribution in [0.5, 0.6) is 5.75 Å². The van der Waals surface area contributed by atoms with Gasteiger partial charge in [-0.25, -0.2) is 0 Å². The van der Waals surface area contributed by atoms with Gasteiger partial charge in [0.15, 0.2) is 0 Å². The molecule has 100 valence electrons. The SMILES string of the molecule is COc1cc(C(C)C)ccc1CCC(N)C(=O)O. The maximum absolute atomic E-state index is 10.7. The second-order valence-corrected chi connectivity index (χ2v) is 4.71. The average Bonchev–Trinajstić information content (AvgIpc) is 2.35. The Morgan fingerprint density at radius 1 is 1.44 bits per heavy atom. The number of carbonyl (C=O) groups is 1. The number of rotatable bonds is 6. The van der Waals surface area contributed by atoms with E-state index in [2.05, 4.69) is 19.9 Å². The zero-order valence-electron chi connectivity index (χ0n) is 11.1. The van der Waals surface area contributed by atoms with Crippen LogP contribution in [0, 0.1) is 0 Å². The highest BCUT2D eigenvalue weighted by Gasteiger charge is 2.13. The van der Waals surface area contributed by atoms with E-state index in [1.54, 1.807) is 7.11 Å². The first-order valence-electron chi connectivity index (χ1n) is 6.11. The Labute approximate surface area is 108 Å². The Kier molecular flexibility index (Phi) is 5.16. The molecule has 1 aromatic rings. The molecular weight excluding hydrogens is 230 g/mol. The predicted molar refractivity (Wildman–Crippen MR) is 71.0 cm³/mol. The van der Waals surface area contributed by atoms with Crippen LogP contribution < -0.4 is 10.5 Å². The number of ether oxygens (including phenoxy) is 1. The number of aryl methyl sites for hydroxylation is 1. The van der Waals surface area contributed by atoms with E-state index in [1.807, 2.05) is 12.1 Å². The Morgan fingerprint density at radius 2 is 2.11 bits per heavy atom. The number of nitrogens with two attached hydrogens (primary N) is 1. The summed E-state index contributed by atoms with van der Waals surface area (Å²) in [6.07, 6.45) is 1.02. The molecule has 0 aliphatic carbocycles. The molecule has 0 spiro atoms. The lowest BCUT2D eigenvalue weighted by molar-refractivity contribution is -0.138. The van der Waals surface area contributed by atoms with Gasteiger partial charge in [-0.2, -0.15) is 0 Å². The van der Waals surface area contributed by atoms with Gasteiger partial charge in [0, 0.05) is 0 Å². The van der Waals surface area contributed by atoms with Crippen molar-refractivity contribution in [1.82, 2.24) is 0 Å². The smallest absolute Gasteiger partial charge is 0.320 e. The van der Waals surface area contributed by atoms with E-state index in [4.69, 9.17) is 15.6 Å². The molecule has 0 saturated carbocycles. The number of carboxylic acids is 1. The Bertz CT molecular complexity index is 416. The van der Waals surface area contributed by atoms with E-state index in [0.717, 1.165) is 11.3 Å². The Morgan fingerprint density at radius 3 is 2.61 bits per heavy atom. The van der Waals surface area contributed by atoms with Crippen LogP contribution in [0.2, 0.25) is 0 Å². The fourth-order valence-electron chi connectivity index (χ4n) is 1.76. The average molecular weight is 251 g/mol. The van der Waals surface area contributed by atoms with E-state index in [0.29, 0.717) is 18.8 Å². The van der Waals surface area contributed by atoms with E-state index in [1.165, 1.54) is 5.56 Å². The fraction of sp³-hybridized carbons (Fsp3) is 0.500. The molecule has 3 N–H and O–H groups in total. The second kappa shape index (κ2) is 6.40. The van der Waals surface area contributed by atoms with Crippen molar-refractivity contribution in [1.29, 1.82) is 0 Å². The molecule has 1 unspecified atom stereocenters. The molecule has 1 aromatic carbocycles. The van der Waals surface area contributed by atoms with Gasteiger partial charge in [0.25, 0.3) is 0 Å². The van der Waals surface area contributed by atoms with Crippen molar-refractivity contribution < 1.29 is 14.6 Å². The summed E-state index contributed by atoms with van der Waals surface area (Å²) in [5, 5.41) is 8.75. The normalized spacial score (nSPS) is 12.5. The first-order valence-corrected chi connectivity index (χ1v) is 6.11. The minimum absolute atomic E-state index is 0.409. The second-order valence-electron chi connectivity index (χ2n) is 4.71. The summed E-state index contributed by atoms with van der Waals surface area (Å²) in [7, 11) is 1.63. The quantitative estimate of drug-likeness (QED) is 0.812. The highest BCUT2D eigenvalue weighted by atomic mass is 16.5. The summed E-state index contributed by atoms with van der Waals surface area (Å²) in [6.45, 7) is 4.24. The van der Waals surface area contributed by atoms with Crippen molar-refractivity contribution in [3.63, 3.8) is 0 Å². The van der Waals surface area contributed by atoms with Crippen LogP contribution in [0.3, 0.4) is 0 Å². The summed E-state index contributed by atoms with van der Waals surface area (Å²) in [6, 6.07) is 5.23. The van der Waals surface area contributed by atoms with E-state index in [9.17, 15) is 4.79 Å². The van der Waals surface area contributed by atoms with Crippen LogP contribution in [-0.4, -0.2) is 24.2 Å². The van der Waals surface area contributed by atoms with Crippen molar-refractivity contribution >= 4 is 5.97 Å². The molecule has 4 nitrogen and oxygen atoms in total. The largest absolute Gasteiger partial charge is 0.496 e. The van der Waals surface area contributed by atoms with Gasteiger partial charge in [-0.15, -0.1) is 0 Å². The molecule has 0 radical (unpaired) electrons. The zero-order valence-corrected chi connectivity index (χ0v) is 11.1. The molecule has 18 heavy (non-hydrogen) atoms. The molecule has 0 heterocycles. The van der Waals surface area contributed by atoms with Crippen LogP contribution in [0.25, 0.3) is 0 Å². The highest BCUT2D eigenvalue weighted by molar-refractivity contribution is 5.73. The number of benzene rings is 1. The van der Waals surface area contributed by atoms with Crippen molar-refractivity contribution in [3.05, 3.63) is 29.3 Å². The van der Waals surface area contributed by atoms with Crippen molar-refractivity contribution in [2.45, 2.75) is 38.6 Å². The maximum atomic E-state index is 10.7. The molecule has 1 atom stereocenters. The Balaban J connectivity index is 2.80. The lowest BCUT2D eigenvalue weighted by atomic mass is 9.98. The molecule has 0 aliphatic rings. The van der Waals surface area contributed by atoms with Gasteiger partial charge < -0.3 is 15.6 Å². The monoisotopic (exact) mass is 251 g/mol. The standard InChI is InChI=1S/C14H21NO3/c1-9(2)11-5-4-10(13(8-11)18-3)6-7-12(15)14(16)17/h4-5,8-9,12H,6-7,15H2,1-3H3,(H,16,17). The summed E-state index contributed by atoms with van der Waals surface area (Å²) in [5.74, 6) is 0.279. The third-order valence-electron chi connectivity index (χ3n) is 3.02. The van der Waals surface area contributed by atoms with Gasteiger partial charge in [0.1, 0.15) is 11.8 Å².